The van der Waals surface area contributed by atoms with Crippen LogP contribution in [0.15, 0.2) is 48.5 Å². The molecule has 1 saturated heterocycles. The molecule has 0 saturated carbocycles. The zero-order chi connectivity index (χ0) is 19.8. The van der Waals surface area contributed by atoms with E-state index in [1.807, 2.05) is 49.4 Å². The zero-order valence-electron chi connectivity index (χ0n) is 16.6. The van der Waals surface area contributed by atoms with Crippen molar-refractivity contribution < 1.29 is 14.3 Å². The molecule has 6 nitrogen and oxygen atoms in total. The van der Waals surface area contributed by atoms with Gasteiger partial charge in [-0.05, 0) is 30.2 Å². The number of amides is 2. The molecule has 0 aromatic heterocycles. The second-order valence-electron chi connectivity index (χ2n) is 7.08. The van der Waals surface area contributed by atoms with Crippen LogP contribution in [0, 0.1) is 6.92 Å². The van der Waals surface area contributed by atoms with Crippen molar-refractivity contribution in [3.8, 4) is 0 Å². The molecule has 1 aliphatic heterocycles. The first-order chi connectivity index (χ1) is 13.6. The SMILES string of the molecule is Cc1ccc(CNC(=O)c2cccc(CNC(=O)CC3COCCN3)c2)cc1.Cl. The molecule has 1 aliphatic rings. The summed E-state index contributed by atoms with van der Waals surface area (Å²) in [6.45, 7) is 4.94. The standard InChI is InChI=1S/C22H27N3O3.ClH/c1-16-5-7-17(8-6-16)13-25-22(27)19-4-2-3-18(11-19)14-24-21(26)12-20-15-28-10-9-23-20;/h2-8,11,20,23H,9-10,12-15H2,1H3,(H,24,26)(H,25,27);1H. The second kappa shape index (κ2) is 11.6. The molecule has 3 rings (SSSR count). The minimum Gasteiger partial charge on any atom is -0.378 e. The van der Waals surface area contributed by atoms with E-state index < -0.39 is 0 Å². The van der Waals surface area contributed by atoms with Gasteiger partial charge in [0.2, 0.25) is 5.91 Å². The molecule has 29 heavy (non-hydrogen) atoms. The maximum Gasteiger partial charge on any atom is 0.251 e. The fourth-order valence-corrected chi connectivity index (χ4v) is 3.06. The molecule has 2 aromatic carbocycles. The summed E-state index contributed by atoms with van der Waals surface area (Å²) in [5.74, 6) is -0.158. The highest BCUT2D eigenvalue weighted by Gasteiger charge is 2.16. The summed E-state index contributed by atoms with van der Waals surface area (Å²) in [5.41, 5.74) is 3.73. The summed E-state index contributed by atoms with van der Waals surface area (Å²) < 4.78 is 5.36. The number of nitrogens with one attached hydrogen (secondary N) is 3. The molecule has 2 aromatic rings. The summed E-state index contributed by atoms with van der Waals surface area (Å²) >= 11 is 0. The first kappa shape index (κ1) is 22.9. The first-order valence-electron chi connectivity index (χ1n) is 9.60. The molecular formula is C22H28ClN3O3. The largest absolute Gasteiger partial charge is 0.378 e. The van der Waals surface area contributed by atoms with E-state index in [1.165, 1.54) is 5.56 Å². The number of aryl methyl sites for hydroxylation is 1. The molecule has 2 amide bonds. The predicted molar refractivity (Wildman–Crippen MR) is 115 cm³/mol. The van der Waals surface area contributed by atoms with Crippen LogP contribution in [0.4, 0.5) is 0 Å². The van der Waals surface area contributed by atoms with Crippen molar-refractivity contribution in [1.29, 1.82) is 0 Å². The molecule has 1 unspecified atom stereocenters. The summed E-state index contributed by atoms with van der Waals surface area (Å²) in [7, 11) is 0. The van der Waals surface area contributed by atoms with Crippen LogP contribution in [0.25, 0.3) is 0 Å². The van der Waals surface area contributed by atoms with Crippen LogP contribution in [-0.4, -0.2) is 37.6 Å². The predicted octanol–water partition coefficient (Wildman–Crippen LogP) is 2.34. The van der Waals surface area contributed by atoms with Gasteiger partial charge in [-0.15, -0.1) is 12.4 Å². The van der Waals surface area contributed by atoms with E-state index in [4.69, 9.17) is 4.74 Å². The van der Waals surface area contributed by atoms with Crippen LogP contribution in [0.3, 0.4) is 0 Å². The van der Waals surface area contributed by atoms with Gasteiger partial charge in [-0.25, -0.2) is 0 Å². The number of morpholine rings is 1. The highest BCUT2D eigenvalue weighted by atomic mass is 35.5. The Morgan fingerprint density at radius 3 is 2.55 bits per heavy atom. The number of rotatable bonds is 7. The molecule has 7 heteroatoms. The highest BCUT2D eigenvalue weighted by molar-refractivity contribution is 5.94. The minimum absolute atomic E-state index is 0. The lowest BCUT2D eigenvalue weighted by Crippen LogP contribution is -2.44. The fourth-order valence-electron chi connectivity index (χ4n) is 3.06. The summed E-state index contributed by atoms with van der Waals surface area (Å²) in [4.78, 5) is 24.5. The van der Waals surface area contributed by atoms with E-state index in [-0.39, 0.29) is 30.3 Å². The molecule has 1 heterocycles. The zero-order valence-corrected chi connectivity index (χ0v) is 17.4. The Morgan fingerprint density at radius 2 is 1.83 bits per heavy atom. The number of benzene rings is 2. The third-order valence-electron chi connectivity index (χ3n) is 4.68. The van der Waals surface area contributed by atoms with E-state index in [1.54, 1.807) is 6.07 Å². The lowest BCUT2D eigenvalue weighted by molar-refractivity contribution is -0.122. The topological polar surface area (TPSA) is 79.5 Å². The number of carbonyl (C=O) groups excluding carboxylic acids is 2. The number of carbonyl (C=O) groups is 2. The van der Waals surface area contributed by atoms with Crippen molar-refractivity contribution in [2.45, 2.75) is 32.5 Å². The molecule has 156 valence electrons. The molecule has 3 N–H and O–H groups in total. The van der Waals surface area contributed by atoms with Crippen molar-refractivity contribution >= 4 is 24.2 Å². The lowest BCUT2D eigenvalue weighted by atomic mass is 10.1. The number of halogens is 1. The number of ether oxygens (including phenoxy) is 1. The third-order valence-corrected chi connectivity index (χ3v) is 4.68. The Balaban J connectivity index is 0.00000300. The second-order valence-corrected chi connectivity index (χ2v) is 7.08. The highest BCUT2D eigenvalue weighted by Crippen LogP contribution is 2.07. The summed E-state index contributed by atoms with van der Waals surface area (Å²) in [6, 6.07) is 15.5. The molecule has 1 atom stereocenters. The molecule has 0 radical (unpaired) electrons. The van der Waals surface area contributed by atoms with Crippen molar-refractivity contribution in [3.63, 3.8) is 0 Å². The minimum atomic E-state index is -0.127. The van der Waals surface area contributed by atoms with Crippen molar-refractivity contribution in [2.75, 3.05) is 19.8 Å². The van der Waals surface area contributed by atoms with Crippen molar-refractivity contribution in [3.05, 3.63) is 70.8 Å². The average molecular weight is 418 g/mol. The Kier molecular flexibility index (Phi) is 9.12. The molecule has 0 bridgehead atoms. The van der Waals surface area contributed by atoms with E-state index in [2.05, 4.69) is 16.0 Å². The number of hydrogen-bond acceptors (Lipinski definition) is 4. The first-order valence-corrected chi connectivity index (χ1v) is 9.60. The van der Waals surface area contributed by atoms with Gasteiger partial charge in [0.05, 0.1) is 13.2 Å². The molecule has 0 spiro atoms. The smallest absolute Gasteiger partial charge is 0.251 e. The van der Waals surface area contributed by atoms with E-state index >= 15 is 0 Å². The van der Waals surface area contributed by atoms with Gasteiger partial charge in [-0.1, -0.05) is 42.0 Å². The van der Waals surface area contributed by atoms with Gasteiger partial charge in [-0.3, -0.25) is 9.59 Å². The number of hydrogen-bond donors (Lipinski definition) is 3. The summed E-state index contributed by atoms with van der Waals surface area (Å²) in [6.07, 6.45) is 0.386. The van der Waals surface area contributed by atoms with Gasteiger partial charge < -0.3 is 20.7 Å². The van der Waals surface area contributed by atoms with Crippen LogP contribution >= 0.6 is 12.4 Å². The Labute approximate surface area is 177 Å². The third kappa shape index (κ3) is 7.49. The monoisotopic (exact) mass is 417 g/mol. The maximum absolute atomic E-state index is 12.4. The molecule has 1 fully saturated rings. The summed E-state index contributed by atoms with van der Waals surface area (Å²) in [5, 5.41) is 9.11. The van der Waals surface area contributed by atoms with Gasteiger partial charge >= 0.3 is 0 Å². The van der Waals surface area contributed by atoms with Crippen LogP contribution < -0.4 is 16.0 Å². The van der Waals surface area contributed by atoms with E-state index in [9.17, 15) is 9.59 Å². The average Bonchev–Trinajstić information content (AvgIpc) is 2.72. The van der Waals surface area contributed by atoms with Crippen LogP contribution in [0.5, 0.6) is 0 Å². The van der Waals surface area contributed by atoms with Gasteiger partial charge in [0.25, 0.3) is 5.91 Å². The van der Waals surface area contributed by atoms with E-state index in [0.717, 1.165) is 17.7 Å². The van der Waals surface area contributed by atoms with Gasteiger partial charge in [-0.2, -0.15) is 0 Å². The fraction of sp³-hybridized carbons (Fsp3) is 0.364. The Morgan fingerprint density at radius 1 is 1.07 bits per heavy atom. The maximum atomic E-state index is 12.4. The Hall–Kier alpha value is -2.41. The Bertz CT molecular complexity index is 805. The van der Waals surface area contributed by atoms with E-state index in [0.29, 0.717) is 38.3 Å². The van der Waals surface area contributed by atoms with Gasteiger partial charge in [0, 0.05) is 37.7 Å². The molecular weight excluding hydrogens is 390 g/mol. The normalized spacial score (nSPS) is 15.8. The van der Waals surface area contributed by atoms with Crippen LogP contribution in [0.2, 0.25) is 0 Å². The lowest BCUT2D eigenvalue weighted by Gasteiger charge is -2.23. The molecule has 0 aliphatic carbocycles. The van der Waals surface area contributed by atoms with Crippen LogP contribution in [-0.2, 0) is 22.6 Å². The van der Waals surface area contributed by atoms with Crippen LogP contribution in [0.1, 0.15) is 33.5 Å². The quantitative estimate of drug-likeness (QED) is 0.646. The van der Waals surface area contributed by atoms with Gasteiger partial charge in [0.15, 0.2) is 0 Å². The van der Waals surface area contributed by atoms with Crippen molar-refractivity contribution in [2.24, 2.45) is 0 Å². The van der Waals surface area contributed by atoms with Gasteiger partial charge in [0.1, 0.15) is 0 Å². The van der Waals surface area contributed by atoms with Crippen molar-refractivity contribution in [1.82, 2.24) is 16.0 Å².